The topological polar surface area (TPSA) is 79.5 Å². The normalized spacial score (nSPS) is 24.4. The number of rotatable bonds is 5. The average molecular weight is 462 g/mol. The van der Waals surface area contributed by atoms with Crippen LogP contribution in [0.3, 0.4) is 0 Å². The van der Waals surface area contributed by atoms with E-state index in [1.54, 1.807) is 30.3 Å². The molecule has 2 aliphatic heterocycles. The minimum Gasteiger partial charge on any atom is -0.495 e. The zero-order chi connectivity index (χ0) is 22.3. The number of methoxy groups -OCH3 is 1. The Morgan fingerprint density at radius 2 is 2.06 bits per heavy atom. The highest BCUT2D eigenvalue weighted by Crippen LogP contribution is 2.50. The summed E-state index contributed by atoms with van der Waals surface area (Å²) >= 11 is 12.5. The maximum atomic E-state index is 13.6. The first-order valence-corrected chi connectivity index (χ1v) is 11.0. The van der Waals surface area contributed by atoms with E-state index in [0.29, 0.717) is 45.1 Å². The summed E-state index contributed by atoms with van der Waals surface area (Å²) in [7, 11) is 1.53. The second kappa shape index (κ2) is 8.34. The van der Waals surface area contributed by atoms with Gasteiger partial charge in [0.1, 0.15) is 11.3 Å². The molecule has 3 unspecified atom stereocenters. The molecular formula is C23H25Cl2N3O3. The van der Waals surface area contributed by atoms with E-state index in [2.05, 4.69) is 29.8 Å². The van der Waals surface area contributed by atoms with Gasteiger partial charge < -0.3 is 15.4 Å². The molecule has 3 N–H and O–H groups in total. The first kappa shape index (κ1) is 21.9. The van der Waals surface area contributed by atoms with E-state index < -0.39 is 11.5 Å². The predicted octanol–water partition coefficient (Wildman–Crippen LogP) is 4.81. The van der Waals surface area contributed by atoms with Crippen molar-refractivity contribution >= 4 is 46.4 Å². The lowest BCUT2D eigenvalue weighted by Gasteiger charge is -2.29. The highest BCUT2D eigenvalue weighted by Gasteiger charge is 2.60. The van der Waals surface area contributed by atoms with Crippen molar-refractivity contribution in [3.8, 4) is 5.75 Å². The van der Waals surface area contributed by atoms with Gasteiger partial charge in [-0.15, -0.1) is 0 Å². The third-order valence-electron chi connectivity index (χ3n) is 6.00. The van der Waals surface area contributed by atoms with Crippen LogP contribution < -0.4 is 20.7 Å². The van der Waals surface area contributed by atoms with Gasteiger partial charge in [0.25, 0.3) is 0 Å². The Labute approximate surface area is 191 Å². The van der Waals surface area contributed by atoms with Crippen LogP contribution in [0.15, 0.2) is 36.4 Å². The molecule has 0 aromatic heterocycles. The molecule has 0 saturated carbocycles. The average Bonchev–Trinajstić information content (AvgIpc) is 3.22. The van der Waals surface area contributed by atoms with Gasteiger partial charge in [0.2, 0.25) is 11.8 Å². The van der Waals surface area contributed by atoms with Crippen LogP contribution in [0.2, 0.25) is 10.0 Å². The molecule has 164 valence electrons. The van der Waals surface area contributed by atoms with E-state index in [4.69, 9.17) is 27.9 Å². The lowest BCUT2D eigenvalue weighted by Crippen LogP contribution is -2.52. The number of halogens is 2. The van der Waals surface area contributed by atoms with Crippen LogP contribution in [-0.4, -0.2) is 25.0 Å². The van der Waals surface area contributed by atoms with Crippen molar-refractivity contribution in [2.45, 2.75) is 38.3 Å². The monoisotopic (exact) mass is 461 g/mol. The first-order chi connectivity index (χ1) is 14.8. The molecule has 0 radical (unpaired) electrons. The van der Waals surface area contributed by atoms with Crippen molar-refractivity contribution in [2.75, 3.05) is 17.7 Å². The fraction of sp³-hybridized carbons (Fsp3) is 0.391. The quantitative estimate of drug-likeness (QED) is 0.596. The number of nitrogens with one attached hydrogen (secondary N) is 3. The van der Waals surface area contributed by atoms with Crippen LogP contribution >= 0.6 is 23.2 Å². The van der Waals surface area contributed by atoms with Gasteiger partial charge in [-0.05, 0) is 43.0 Å². The third-order valence-corrected chi connectivity index (χ3v) is 6.55. The Kier molecular flexibility index (Phi) is 5.90. The molecule has 31 heavy (non-hydrogen) atoms. The van der Waals surface area contributed by atoms with Gasteiger partial charge >= 0.3 is 0 Å². The number of anilines is 2. The molecule has 2 aromatic carbocycles. The van der Waals surface area contributed by atoms with Crippen LogP contribution in [-0.2, 0) is 15.1 Å². The van der Waals surface area contributed by atoms with E-state index in [1.807, 2.05) is 6.07 Å². The fourth-order valence-corrected chi connectivity index (χ4v) is 5.17. The van der Waals surface area contributed by atoms with Crippen molar-refractivity contribution in [1.82, 2.24) is 5.32 Å². The molecule has 2 amide bonds. The summed E-state index contributed by atoms with van der Waals surface area (Å²) in [5.74, 6) is -0.273. The molecule has 2 heterocycles. The predicted molar refractivity (Wildman–Crippen MR) is 123 cm³/mol. The number of hydrogen-bond donors (Lipinski definition) is 3. The lowest BCUT2D eigenvalue weighted by molar-refractivity contribution is -0.130. The maximum Gasteiger partial charge on any atom is 0.250 e. The van der Waals surface area contributed by atoms with Gasteiger partial charge in [0, 0.05) is 16.6 Å². The number of carbonyl (C=O) groups is 2. The lowest BCUT2D eigenvalue weighted by atomic mass is 9.79. The van der Waals surface area contributed by atoms with Crippen molar-refractivity contribution in [1.29, 1.82) is 0 Å². The summed E-state index contributed by atoms with van der Waals surface area (Å²) in [5, 5.41) is 10.3. The van der Waals surface area contributed by atoms with Gasteiger partial charge in [-0.2, -0.15) is 0 Å². The van der Waals surface area contributed by atoms with Crippen molar-refractivity contribution in [3.63, 3.8) is 0 Å². The standard InChI is InChI=1S/C23H25Cl2N3O3/c1-12(2)9-14-11-16(21(29)26-18-10-13(24)7-8-19(18)31-3)23(28-14)15-5-4-6-17(25)20(15)27-22(23)30/h4-8,10,12,14,16,28H,9,11H2,1-3H3,(H,26,29)(H,27,30). The fourth-order valence-electron chi connectivity index (χ4n) is 4.77. The highest BCUT2D eigenvalue weighted by atomic mass is 35.5. The molecule has 8 heteroatoms. The summed E-state index contributed by atoms with van der Waals surface area (Å²) in [4.78, 5) is 26.9. The SMILES string of the molecule is COc1ccc(Cl)cc1NC(=O)C1CC(CC(C)C)NC12C(=O)Nc1c(Cl)cccc12. The molecule has 2 aromatic rings. The summed E-state index contributed by atoms with van der Waals surface area (Å²) in [6.45, 7) is 4.25. The van der Waals surface area contributed by atoms with Crippen LogP contribution in [0.4, 0.5) is 11.4 Å². The number of benzene rings is 2. The number of ether oxygens (including phenoxy) is 1. The molecule has 0 aliphatic carbocycles. The molecule has 1 spiro atoms. The summed E-state index contributed by atoms with van der Waals surface area (Å²) in [6.07, 6.45) is 1.36. The minimum absolute atomic E-state index is 0.00712. The zero-order valence-electron chi connectivity index (χ0n) is 17.6. The van der Waals surface area contributed by atoms with E-state index in [0.717, 1.165) is 6.42 Å². The van der Waals surface area contributed by atoms with E-state index in [9.17, 15) is 9.59 Å². The first-order valence-electron chi connectivity index (χ1n) is 10.3. The molecule has 1 saturated heterocycles. The largest absolute Gasteiger partial charge is 0.495 e. The van der Waals surface area contributed by atoms with E-state index in [-0.39, 0.29) is 17.9 Å². The van der Waals surface area contributed by atoms with Gasteiger partial charge in [-0.3, -0.25) is 14.9 Å². The number of carbonyl (C=O) groups excluding carboxylic acids is 2. The molecule has 3 atom stereocenters. The van der Waals surface area contributed by atoms with Crippen molar-refractivity contribution in [2.24, 2.45) is 11.8 Å². The number of hydrogen-bond acceptors (Lipinski definition) is 4. The Bertz CT molecular complexity index is 1040. The highest BCUT2D eigenvalue weighted by molar-refractivity contribution is 6.35. The molecule has 1 fully saturated rings. The Morgan fingerprint density at radius 1 is 1.29 bits per heavy atom. The Hall–Kier alpha value is -2.28. The molecule has 6 nitrogen and oxygen atoms in total. The minimum atomic E-state index is -1.18. The molecular weight excluding hydrogens is 437 g/mol. The number of para-hydroxylation sites is 1. The van der Waals surface area contributed by atoms with Crippen molar-refractivity contribution < 1.29 is 14.3 Å². The third kappa shape index (κ3) is 3.77. The molecule has 0 bridgehead atoms. The Morgan fingerprint density at radius 3 is 2.77 bits per heavy atom. The van der Waals surface area contributed by atoms with E-state index >= 15 is 0 Å². The van der Waals surface area contributed by atoms with Gasteiger partial charge in [-0.1, -0.05) is 49.2 Å². The van der Waals surface area contributed by atoms with Crippen LogP contribution in [0.25, 0.3) is 0 Å². The summed E-state index contributed by atoms with van der Waals surface area (Å²) in [6, 6.07) is 10.4. The van der Waals surface area contributed by atoms with Gasteiger partial charge in [0.15, 0.2) is 0 Å². The van der Waals surface area contributed by atoms with Gasteiger partial charge in [0.05, 0.1) is 29.4 Å². The smallest absolute Gasteiger partial charge is 0.250 e. The second-order valence-electron chi connectivity index (χ2n) is 8.52. The number of fused-ring (bicyclic) bond motifs is 2. The second-order valence-corrected chi connectivity index (χ2v) is 9.36. The van der Waals surface area contributed by atoms with E-state index in [1.165, 1.54) is 7.11 Å². The number of amides is 2. The summed E-state index contributed by atoms with van der Waals surface area (Å²) in [5.41, 5.74) is 0.544. The summed E-state index contributed by atoms with van der Waals surface area (Å²) < 4.78 is 5.36. The van der Waals surface area contributed by atoms with Crippen LogP contribution in [0.5, 0.6) is 5.75 Å². The Balaban J connectivity index is 1.75. The molecule has 2 aliphatic rings. The van der Waals surface area contributed by atoms with Crippen molar-refractivity contribution in [3.05, 3.63) is 52.0 Å². The van der Waals surface area contributed by atoms with Crippen LogP contribution in [0, 0.1) is 11.8 Å². The maximum absolute atomic E-state index is 13.6. The van der Waals surface area contributed by atoms with Crippen LogP contribution in [0.1, 0.15) is 32.3 Å². The van der Waals surface area contributed by atoms with Gasteiger partial charge in [-0.25, -0.2) is 0 Å². The molecule has 4 rings (SSSR count). The zero-order valence-corrected chi connectivity index (χ0v) is 19.1.